The molecule has 2 heterocycles. The first-order valence-corrected chi connectivity index (χ1v) is 16.9. The Labute approximate surface area is 240 Å². The fourth-order valence-corrected chi connectivity index (χ4v) is 9.22. The van der Waals surface area contributed by atoms with Gasteiger partial charge in [-0.25, -0.2) is 13.4 Å². The number of aryl methyl sites for hydroxylation is 3. The van der Waals surface area contributed by atoms with Crippen LogP contribution in [0.3, 0.4) is 0 Å². The number of nitrogens with zero attached hydrogens (tertiary/aromatic N) is 2. The molecule has 0 atom stereocenters. The second-order valence-electron chi connectivity index (χ2n) is 12.4. The van der Waals surface area contributed by atoms with Crippen LogP contribution < -0.4 is 4.90 Å². The highest BCUT2D eigenvalue weighted by Gasteiger charge is 2.36. The van der Waals surface area contributed by atoms with E-state index >= 15 is 0 Å². The number of benzene rings is 2. The van der Waals surface area contributed by atoms with Gasteiger partial charge < -0.3 is 4.90 Å². The summed E-state index contributed by atoms with van der Waals surface area (Å²) in [7, 11) is -3.45. The van der Waals surface area contributed by atoms with Crippen LogP contribution in [0.4, 0.5) is 5.13 Å². The minimum atomic E-state index is -3.45. The van der Waals surface area contributed by atoms with Crippen molar-refractivity contribution in [3.63, 3.8) is 0 Å². The number of sulfone groups is 1. The van der Waals surface area contributed by atoms with Gasteiger partial charge in [0, 0.05) is 24.9 Å². The van der Waals surface area contributed by atoms with Crippen molar-refractivity contribution in [2.75, 3.05) is 18.0 Å². The van der Waals surface area contributed by atoms with Gasteiger partial charge in [0.05, 0.1) is 15.8 Å². The molecule has 1 aliphatic rings. The second-order valence-corrected chi connectivity index (χ2v) is 15.4. The van der Waals surface area contributed by atoms with Crippen molar-refractivity contribution in [1.82, 2.24) is 4.98 Å². The molecule has 212 valence electrons. The van der Waals surface area contributed by atoms with E-state index < -0.39 is 9.84 Å². The van der Waals surface area contributed by atoms with Gasteiger partial charge in [0.25, 0.3) is 0 Å². The number of rotatable bonds is 8. The number of piperidine rings is 1. The first-order valence-electron chi connectivity index (χ1n) is 14.5. The number of aromatic nitrogens is 1. The van der Waals surface area contributed by atoms with Crippen molar-refractivity contribution >= 4 is 26.3 Å². The van der Waals surface area contributed by atoms with E-state index in [1.165, 1.54) is 27.8 Å². The van der Waals surface area contributed by atoms with E-state index in [-0.39, 0.29) is 17.1 Å². The molecule has 0 aliphatic carbocycles. The summed E-state index contributed by atoms with van der Waals surface area (Å²) in [6, 6.07) is 8.79. The maximum atomic E-state index is 14.2. The summed E-state index contributed by atoms with van der Waals surface area (Å²) < 4.78 is 28.5. The molecule has 0 amide bonds. The number of anilines is 1. The lowest BCUT2D eigenvalue weighted by molar-refractivity contribution is 0.526. The summed E-state index contributed by atoms with van der Waals surface area (Å²) in [5, 5.41) is 2.82. The van der Waals surface area contributed by atoms with Crippen molar-refractivity contribution in [2.45, 2.75) is 109 Å². The first kappa shape index (κ1) is 29.8. The van der Waals surface area contributed by atoms with Gasteiger partial charge >= 0.3 is 0 Å². The molecule has 1 aromatic heterocycles. The van der Waals surface area contributed by atoms with E-state index in [0.29, 0.717) is 23.7 Å². The molecule has 3 aromatic rings. The van der Waals surface area contributed by atoms with Gasteiger partial charge in [-0.15, -0.1) is 11.3 Å². The van der Waals surface area contributed by atoms with Crippen LogP contribution in [0.15, 0.2) is 34.5 Å². The smallest absolute Gasteiger partial charge is 0.185 e. The van der Waals surface area contributed by atoms with Crippen molar-refractivity contribution in [3.8, 4) is 0 Å². The lowest BCUT2D eigenvalue weighted by Crippen LogP contribution is -2.40. The van der Waals surface area contributed by atoms with E-state index in [2.05, 4.69) is 96.9 Å². The minimum Gasteiger partial charge on any atom is -0.348 e. The largest absolute Gasteiger partial charge is 0.348 e. The third-order valence-electron chi connectivity index (χ3n) is 8.25. The van der Waals surface area contributed by atoms with Crippen LogP contribution in [0, 0.1) is 20.8 Å². The van der Waals surface area contributed by atoms with Crippen molar-refractivity contribution in [1.29, 1.82) is 0 Å². The molecule has 1 saturated heterocycles. The monoisotopic (exact) mass is 566 g/mol. The molecule has 0 N–H and O–H groups in total. The molecule has 39 heavy (non-hydrogen) atoms. The summed E-state index contributed by atoms with van der Waals surface area (Å²) in [5.41, 5.74) is 9.57. The van der Waals surface area contributed by atoms with Crippen LogP contribution in [0.2, 0.25) is 0 Å². The summed E-state index contributed by atoms with van der Waals surface area (Å²) in [4.78, 5) is 7.86. The van der Waals surface area contributed by atoms with Crippen LogP contribution in [-0.2, 0) is 16.3 Å². The summed E-state index contributed by atoms with van der Waals surface area (Å²) in [5.74, 6) is 0.670. The van der Waals surface area contributed by atoms with Crippen molar-refractivity contribution < 1.29 is 8.42 Å². The van der Waals surface area contributed by atoms with Gasteiger partial charge in [0.15, 0.2) is 15.0 Å². The third kappa shape index (κ3) is 6.27. The Morgan fingerprint density at radius 3 is 1.90 bits per heavy atom. The maximum absolute atomic E-state index is 14.2. The van der Waals surface area contributed by atoms with Gasteiger partial charge in [-0.2, -0.15) is 0 Å². The highest BCUT2D eigenvalue weighted by atomic mass is 32.2. The normalized spacial score (nSPS) is 15.2. The highest BCUT2D eigenvalue weighted by Crippen LogP contribution is 2.39. The summed E-state index contributed by atoms with van der Waals surface area (Å²) in [6.45, 7) is 20.8. The molecule has 0 bridgehead atoms. The van der Waals surface area contributed by atoms with Crippen LogP contribution >= 0.6 is 11.3 Å². The zero-order valence-electron chi connectivity index (χ0n) is 25.3. The van der Waals surface area contributed by atoms with Gasteiger partial charge in [0.1, 0.15) is 0 Å². The predicted molar refractivity (Wildman–Crippen MR) is 167 cm³/mol. The Kier molecular flexibility index (Phi) is 8.97. The average molecular weight is 567 g/mol. The molecule has 1 fully saturated rings. The molecule has 6 heteroatoms. The van der Waals surface area contributed by atoms with Gasteiger partial charge in [-0.3, -0.25) is 0 Å². The molecular formula is C33H46N2O2S2. The zero-order chi connectivity index (χ0) is 28.6. The molecule has 0 spiro atoms. The van der Waals surface area contributed by atoms with Crippen molar-refractivity contribution in [3.05, 3.63) is 74.3 Å². The minimum absolute atomic E-state index is 0.153. The zero-order valence-corrected chi connectivity index (χ0v) is 26.9. The van der Waals surface area contributed by atoms with Crippen LogP contribution in [-0.4, -0.2) is 31.7 Å². The van der Waals surface area contributed by atoms with Crippen molar-refractivity contribution in [2.24, 2.45) is 0 Å². The topological polar surface area (TPSA) is 50.3 Å². The Balaban J connectivity index is 1.54. The van der Waals surface area contributed by atoms with E-state index in [1.54, 1.807) is 11.3 Å². The average Bonchev–Trinajstić information content (AvgIpc) is 3.34. The van der Waals surface area contributed by atoms with Crippen LogP contribution in [0.1, 0.15) is 117 Å². The SMILES string of the molecule is Cc1cc(C)c(Cc2csc(N3CCC(S(=O)(=O)c4c(C(C)C)cc(C(C)C)cc4C(C)C)CC3)n2)c(C)c1. The maximum Gasteiger partial charge on any atom is 0.185 e. The van der Waals surface area contributed by atoms with E-state index in [1.807, 2.05) is 0 Å². The number of hydrogen-bond acceptors (Lipinski definition) is 5. The third-order valence-corrected chi connectivity index (χ3v) is 11.6. The van der Waals surface area contributed by atoms with E-state index in [9.17, 15) is 8.42 Å². The Bertz CT molecular complexity index is 1370. The molecule has 4 nitrogen and oxygen atoms in total. The van der Waals surface area contributed by atoms with E-state index in [0.717, 1.165) is 41.5 Å². The fourth-order valence-electron chi connectivity index (χ4n) is 5.93. The van der Waals surface area contributed by atoms with Gasteiger partial charge in [-0.05, 0) is 84.7 Å². The summed E-state index contributed by atoms with van der Waals surface area (Å²) in [6.07, 6.45) is 2.10. The first-order chi connectivity index (χ1) is 18.3. The molecule has 0 unspecified atom stereocenters. The molecule has 0 radical (unpaired) electrons. The number of hydrogen-bond donors (Lipinski definition) is 0. The Hall–Kier alpha value is -2.18. The van der Waals surface area contributed by atoms with E-state index in [4.69, 9.17) is 4.98 Å². The second kappa shape index (κ2) is 11.7. The van der Waals surface area contributed by atoms with Gasteiger partial charge in [0.2, 0.25) is 0 Å². The van der Waals surface area contributed by atoms with Crippen LogP contribution in [0.5, 0.6) is 0 Å². The lowest BCUT2D eigenvalue weighted by atomic mass is 9.89. The Morgan fingerprint density at radius 2 is 1.41 bits per heavy atom. The summed E-state index contributed by atoms with van der Waals surface area (Å²) >= 11 is 1.68. The predicted octanol–water partition coefficient (Wildman–Crippen LogP) is 8.47. The molecular weight excluding hydrogens is 521 g/mol. The fraction of sp³-hybridized carbons (Fsp3) is 0.545. The molecule has 2 aromatic carbocycles. The Morgan fingerprint density at radius 1 is 0.872 bits per heavy atom. The lowest BCUT2D eigenvalue weighted by Gasteiger charge is -2.33. The highest BCUT2D eigenvalue weighted by molar-refractivity contribution is 7.92. The van der Waals surface area contributed by atoms with Crippen LogP contribution in [0.25, 0.3) is 0 Å². The molecule has 0 saturated carbocycles. The molecule has 1 aliphatic heterocycles. The standard InChI is InChI=1S/C33H46N2O2S2/c1-20(2)26-16-29(21(3)4)32(30(17-26)22(5)6)39(36,37)28-10-12-35(13-11-28)33-34-27(19-38-33)18-31-24(8)14-23(7)15-25(31)9/h14-17,19-22,28H,10-13,18H2,1-9H3. The quantitative estimate of drug-likeness (QED) is 0.274. The van der Waals surface area contributed by atoms with Gasteiger partial charge in [-0.1, -0.05) is 71.4 Å². The number of thiazole rings is 1. The molecule has 4 rings (SSSR count).